The van der Waals surface area contributed by atoms with Crippen LogP contribution in [0.15, 0.2) is 12.7 Å². The van der Waals surface area contributed by atoms with E-state index < -0.39 is 0 Å². The molecule has 2 nitrogen and oxygen atoms in total. The predicted octanol–water partition coefficient (Wildman–Crippen LogP) is 2.27. The molecule has 0 spiro atoms. The number of piperazine rings is 1. The molecule has 0 radical (unpaired) electrons. The molecule has 0 aromatic heterocycles. The lowest BCUT2D eigenvalue weighted by Crippen LogP contribution is -2.57. The van der Waals surface area contributed by atoms with E-state index in [2.05, 4.69) is 36.7 Å². The van der Waals surface area contributed by atoms with Crippen LogP contribution in [-0.4, -0.2) is 36.6 Å². The monoisotopic (exact) mass is 222 g/mol. The van der Waals surface area contributed by atoms with Gasteiger partial charge in [0.05, 0.1) is 0 Å². The molecule has 2 rings (SSSR count). The molecule has 0 bridgehead atoms. The molecule has 1 heterocycles. The minimum absolute atomic E-state index is 0.690. The van der Waals surface area contributed by atoms with Crippen molar-refractivity contribution >= 4 is 0 Å². The number of nitrogens with zero attached hydrogens (tertiary/aromatic N) is 1. The maximum Gasteiger partial charge on any atom is 0.0252 e. The summed E-state index contributed by atoms with van der Waals surface area (Å²) in [4.78, 5) is 2.65. The van der Waals surface area contributed by atoms with E-state index in [4.69, 9.17) is 0 Å². The average Bonchev–Trinajstić information content (AvgIpc) is 3.01. The van der Waals surface area contributed by atoms with E-state index in [0.29, 0.717) is 6.04 Å². The lowest BCUT2D eigenvalue weighted by atomic mass is 9.98. The van der Waals surface area contributed by atoms with Gasteiger partial charge >= 0.3 is 0 Å². The first kappa shape index (κ1) is 12.1. The molecule has 2 aliphatic rings. The SMILES string of the molecule is C=CCN1CC(CC(C)C)NCC1C1CC1. The van der Waals surface area contributed by atoms with Gasteiger partial charge in [-0.25, -0.2) is 0 Å². The molecular formula is C14H26N2. The lowest BCUT2D eigenvalue weighted by molar-refractivity contribution is 0.121. The Bertz CT molecular complexity index is 233. The standard InChI is InChI=1S/C14H26N2/c1-4-7-16-10-13(8-11(2)3)15-9-14(16)12-5-6-12/h4,11-15H,1,5-10H2,2-3H3. The molecule has 0 amide bonds. The van der Waals surface area contributed by atoms with E-state index >= 15 is 0 Å². The van der Waals surface area contributed by atoms with Crippen LogP contribution in [0.5, 0.6) is 0 Å². The number of nitrogens with one attached hydrogen (secondary N) is 1. The third-order valence-electron chi connectivity index (χ3n) is 3.83. The molecule has 92 valence electrons. The Balaban J connectivity index is 1.88. The van der Waals surface area contributed by atoms with E-state index in [0.717, 1.165) is 24.4 Å². The van der Waals surface area contributed by atoms with E-state index in [1.54, 1.807) is 0 Å². The van der Waals surface area contributed by atoms with Crippen molar-refractivity contribution in [2.24, 2.45) is 11.8 Å². The summed E-state index contributed by atoms with van der Waals surface area (Å²) in [6, 6.07) is 1.47. The minimum Gasteiger partial charge on any atom is -0.311 e. The third-order valence-corrected chi connectivity index (χ3v) is 3.83. The molecule has 2 atom stereocenters. The molecule has 2 fully saturated rings. The molecule has 0 aromatic carbocycles. The van der Waals surface area contributed by atoms with Crippen LogP contribution in [0.3, 0.4) is 0 Å². The molecule has 1 aliphatic carbocycles. The maximum absolute atomic E-state index is 3.89. The van der Waals surface area contributed by atoms with E-state index in [-0.39, 0.29) is 0 Å². The highest BCUT2D eigenvalue weighted by atomic mass is 15.2. The molecule has 1 saturated heterocycles. The summed E-state index contributed by atoms with van der Waals surface area (Å²) < 4.78 is 0. The Morgan fingerprint density at radius 1 is 1.44 bits per heavy atom. The highest BCUT2D eigenvalue weighted by molar-refractivity contribution is 4.96. The van der Waals surface area contributed by atoms with Gasteiger partial charge in [-0.3, -0.25) is 4.90 Å². The first-order valence-corrected chi connectivity index (χ1v) is 6.79. The van der Waals surface area contributed by atoms with E-state index in [1.165, 1.54) is 32.4 Å². The fraction of sp³-hybridized carbons (Fsp3) is 0.857. The van der Waals surface area contributed by atoms with E-state index in [9.17, 15) is 0 Å². The van der Waals surface area contributed by atoms with Crippen molar-refractivity contribution in [2.45, 2.75) is 45.2 Å². The summed E-state index contributed by atoms with van der Waals surface area (Å²) in [5, 5.41) is 3.73. The van der Waals surface area contributed by atoms with Gasteiger partial charge in [0.2, 0.25) is 0 Å². The maximum atomic E-state index is 3.89. The van der Waals surface area contributed by atoms with E-state index in [1.807, 2.05) is 0 Å². The third kappa shape index (κ3) is 3.08. The summed E-state index contributed by atoms with van der Waals surface area (Å²) >= 11 is 0. The zero-order valence-corrected chi connectivity index (χ0v) is 10.8. The lowest BCUT2D eigenvalue weighted by Gasteiger charge is -2.40. The topological polar surface area (TPSA) is 15.3 Å². The van der Waals surface area contributed by atoms with Crippen LogP contribution < -0.4 is 5.32 Å². The minimum atomic E-state index is 0.690. The van der Waals surface area contributed by atoms with Gasteiger partial charge in [0.15, 0.2) is 0 Å². The fourth-order valence-corrected chi connectivity index (χ4v) is 2.95. The van der Waals surface area contributed by atoms with Crippen LogP contribution in [0.1, 0.15) is 33.1 Å². The van der Waals surface area contributed by atoms with Crippen molar-refractivity contribution in [3.63, 3.8) is 0 Å². The van der Waals surface area contributed by atoms with Gasteiger partial charge in [0, 0.05) is 31.7 Å². The molecule has 1 aliphatic heterocycles. The van der Waals surface area contributed by atoms with Crippen LogP contribution in [0.4, 0.5) is 0 Å². The molecule has 16 heavy (non-hydrogen) atoms. The Labute approximate surface area is 100 Å². The molecule has 2 unspecified atom stereocenters. The van der Waals surface area contributed by atoms with Crippen molar-refractivity contribution < 1.29 is 0 Å². The largest absolute Gasteiger partial charge is 0.311 e. The molecular weight excluding hydrogens is 196 g/mol. The highest BCUT2D eigenvalue weighted by Gasteiger charge is 2.38. The zero-order valence-electron chi connectivity index (χ0n) is 10.8. The summed E-state index contributed by atoms with van der Waals surface area (Å²) in [6.07, 6.45) is 6.24. The van der Waals surface area contributed by atoms with Gasteiger partial charge in [0.1, 0.15) is 0 Å². The fourth-order valence-electron chi connectivity index (χ4n) is 2.95. The van der Waals surface area contributed by atoms with Crippen molar-refractivity contribution in [1.29, 1.82) is 0 Å². The number of rotatable bonds is 5. The zero-order chi connectivity index (χ0) is 11.5. The predicted molar refractivity (Wildman–Crippen MR) is 69.5 cm³/mol. The van der Waals surface area contributed by atoms with Gasteiger partial charge < -0.3 is 5.32 Å². The van der Waals surface area contributed by atoms with Crippen molar-refractivity contribution in [1.82, 2.24) is 10.2 Å². The first-order valence-electron chi connectivity index (χ1n) is 6.79. The second-order valence-electron chi connectivity index (χ2n) is 5.88. The molecule has 1 N–H and O–H groups in total. The first-order chi connectivity index (χ1) is 7.70. The summed E-state index contributed by atoms with van der Waals surface area (Å²) in [5.74, 6) is 1.76. The summed E-state index contributed by atoms with van der Waals surface area (Å²) in [6.45, 7) is 12.0. The Morgan fingerprint density at radius 3 is 2.75 bits per heavy atom. The quantitative estimate of drug-likeness (QED) is 0.718. The van der Waals surface area contributed by atoms with Crippen LogP contribution in [0, 0.1) is 11.8 Å². The Hall–Kier alpha value is -0.340. The van der Waals surface area contributed by atoms with Crippen molar-refractivity contribution in [2.75, 3.05) is 19.6 Å². The smallest absolute Gasteiger partial charge is 0.0252 e. The van der Waals surface area contributed by atoms with Crippen LogP contribution in [-0.2, 0) is 0 Å². The molecule has 1 saturated carbocycles. The molecule has 2 heteroatoms. The summed E-state index contributed by atoms with van der Waals surface area (Å²) in [5.41, 5.74) is 0. The number of hydrogen-bond donors (Lipinski definition) is 1. The second kappa shape index (κ2) is 5.33. The average molecular weight is 222 g/mol. The van der Waals surface area contributed by atoms with Crippen molar-refractivity contribution in [3.05, 3.63) is 12.7 Å². The highest BCUT2D eigenvalue weighted by Crippen LogP contribution is 2.36. The van der Waals surface area contributed by atoms with Gasteiger partial charge in [0.25, 0.3) is 0 Å². The van der Waals surface area contributed by atoms with Gasteiger partial charge in [-0.2, -0.15) is 0 Å². The van der Waals surface area contributed by atoms with Gasteiger partial charge in [-0.05, 0) is 31.1 Å². The Morgan fingerprint density at radius 2 is 2.19 bits per heavy atom. The summed E-state index contributed by atoms with van der Waals surface area (Å²) in [7, 11) is 0. The number of hydrogen-bond acceptors (Lipinski definition) is 2. The van der Waals surface area contributed by atoms with Crippen LogP contribution >= 0.6 is 0 Å². The van der Waals surface area contributed by atoms with Crippen LogP contribution in [0.2, 0.25) is 0 Å². The molecule has 0 aromatic rings. The van der Waals surface area contributed by atoms with Gasteiger partial charge in [-0.15, -0.1) is 6.58 Å². The second-order valence-corrected chi connectivity index (χ2v) is 5.88. The normalized spacial score (nSPS) is 31.9. The van der Waals surface area contributed by atoms with Crippen LogP contribution in [0.25, 0.3) is 0 Å². The van der Waals surface area contributed by atoms with Crippen molar-refractivity contribution in [3.8, 4) is 0 Å². The Kier molecular flexibility index (Phi) is 4.04. The van der Waals surface area contributed by atoms with Gasteiger partial charge in [-0.1, -0.05) is 19.9 Å².